The molecule has 0 aliphatic rings. The molecule has 0 N–H and O–H groups in total. The summed E-state index contributed by atoms with van der Waals surface area (Å²) in [7, 11) is 0. The quantitative estimate of drug-likeness (QED) is 0.528. The van der Waals surface area contributed by atoms with Crippen molar-refractivity contribution in [2.24, 2.45) is 0 Å². The smallest absolute Gasteiger partial charge is 0.238 e. The molecule has 0 spiro atoms. The van der Waals surface area contributed by atoms with E-state index < -0.39 is 11.7 Å². The summed E-state index contributed by atoms with van der Waals surface area (Å²) in [5.41, 5.74) is 0.467. The van der Waals surface area contributed by atoms with Crippen LogP contribution in [0, 0.1) is 6.57 Å². The first kappa shape index (κ1) is 13.9. The molecule has 0 bridgehead atoms. The molecule has 100 valence electrons. The van der Waals surface area contributed by atoms with Gasteiger partial charge in [0.15, 0.2) is 5.70 Å². The highest BCUT2D eigenvalue weighted by atomic mass is 19.4. The minimum Gasteiger partial charge on any atom is -0.238 e. The maximum Gasteiger partial charge on any atom is 0.416 e. The fourth-order valence-electron chi connectivity index (χ4n) is 1.74. The molecule has 1 nitrogen and oxygen atoms in total. The summed E-state index contributed by atoms with van der Waals surface area (Å²) < 4.78 is 38.0. The van der Waals surface area contributed by atoms with Crippen molar-refractivity contribution in [3.8, 4) is 0 Å². The normalized spacial score (nSPS) is 12.0. The Kier molecular flexibility index (Phi) is 3.90. The van der Waals surface area contributed by atoms with E-state index in [4.69, 9.17) is 6.57 Å². The van der Waals surface area contributed by atoms with E-state index in [1.54, 1.807) is 30.3 Å². The summed E-state index contributed by atoms with van der Waals surface area (Å²) >= 11 is 0. The summed E-state index contributed by atoms with van der Waals surface area (Å²) in [6.07, 6.45) is -2.83. The molecular formula is C16H10F3N. The molecule has 0 aliphatic carbocycles. The first-order valence-electron chi connectivity index (χ1n) is 5.82. The minimum absolute atomic E-state index is 0.183. The van der Waals surface area contributed by atoms with Gasteiger partial charge in [0.2, 0.25) is 0 Å². The number of rotatable bonds is 2. The van der Waals surface area contributed by atoms with E-state index in [0.717, 1.165) is 17.7 Å². The van der Waals surface area contributed by atoms with E-state index in [1.807, 2.05) is 6.07 Å². The summed E-state index contributed by atoms with van der Waals surface area (Å²) in [5, 5.41) is 0. The third-order valence-electron chi connectivity index (χ3n) is 2.71. The van der Waals surface area contributed by atoms with Gasteiger partial charge >= 0.3 is 6.18 Å². The molecule has 0 aliphatic heterocycles. The molecule has 2 aromatic carbocycles. The molecule has 2 aromatic rings. The van der Waals surface area contributed by atoms with Crippen molar-refractivity contribution in [1.29, 1.82) is 0 Å². The lowest BCUT2D eigenvalue weighted by atomic mass is 10.1. The van der Waals surface area contributed by atoms with Crippen LogP contribution in [0.4, 0.5) is 13.2 Å². The molecule has 0 heterocycles. The van der Waals surface area contributed by atoms with Crippen molar-refractivity contribution in [3.05, 3.63) is 82.7 Å². The molecule has 0 saturated carbocycles. The van der Waals surface area contributed by atoms with Gasteiger partial charge in [-0.25, -0.2) is 4.85 Å². The van der Waals surface area contributed by atoms with Gasteiger partial charge in [0.1, 0.15) is 0 Å². The molecule has 0 saturated heterocycles. The molecule has 0 aromatic heterocycles. The van der Waals surface area contributed by atoms with Crippen LogP contribution < -0.4 is 0 Å². The van der Waals surface area contributed by atoms with Crippen molar-refractivity contribution < 1.29 is 13.2 Å². The van der Waals surface area contributed by atoms with Gasteiger partial charge in [0.25, 0.3) is 0 Å². The average Bonchev–Trinajstić information content (AvgIpc) is 2.45. The lowest BCUT2D eigenvalue weighted by Crippen LogP contribution is -2.04. The van der Waals surface area contributed by atoms with E-state index in [1.165, 1.54) is 12.1 Å². The average molecular weight is 273 g/mol. The van der Waals surface area contributed by atoms with Gasteiger partial charge in [-0.2, -0.15) is 13.2 Å². The molecule has 0 radical (unpaired) electrons. The Morgan fingerprint density at radius 3 is 2.30 bits per heavy atom. The zero-order valence-corrected chi connectivity index (χ0v) is 10.4. The maximum atomic E-state index is 12.7. The highest BCUT2D eigenvalue weighted by Crippen LogP contribution is 2.31. The van der Waals surface area contributed by atoms with Crippen molar-refractivity contribution in [1.82, 2.24) is 0 Å². The lowest BCUT2D eigenvalue weighted by molar-refractivity contribution is -0.137. The molecule has 20 heavy (non-hydrogen) atoms. The van der Waals surface area contributed by atoms with Crippen LogP contribution in [0.1, 0.15) is 16.7 Å². The van der Waals surface area contributed by atoms with E-state index in [-0.39, 0.29) is 11.3 Å². The van der Waals surface area contributed by atoms with E-state index >= 15 is 0 Å². The third kappa shape index (κ3) is 3.27. The summed E-state index contributed by atoms with van der Waals surface area (Å²) in [4.78, 5) is 3.32. The highest BCUT2D eigenvalue weighted by Gasteiger charge is 2.30. The molecule has 0 unspecified atom stereocenters. The Morgan fingerprint density at radius 1 is 1.00 bits per heavy atom. The van der Waals surface area contributed by atoms with Crippen molar-refractivity contribution in [3.63, 3.8) is 0 Å². The van der Waals surface area contributed by atoms with Gasteiger partial charge in [0.05, 0.1) is 12.1 Å². The predicted octanol–water partition coefficient (Wildman–Crippen LogP) is 5.12. The Morgan fingerprint density at radius 2 is 1.70 bits per heavy atom. The Balaban J connectivity index is 2.44. The summed E-state index contributed by atoms with van der Waals surface area (Å²) in [6, 6.07) is 13.8. The van der Waals surface area contributed by atoms with Gasteiger partial charge in [-0.15, -0.1) is 0 Å². The second-order valence-electron chi connectivity index (χ2n) is 4.13. The van der Waals surface area contributed by atoms with Gasteiger partial charge in [-0.3, -0.25) is 0 Å². The minimum atomic E-state index is -4.41. The fraction of sp³-hybridized carbons (Fsp3) is 0.0625. The Labute approximate surface area is 114 Å². The van der Waals surface area contributed by atoms with Crippen molar-refractivity contribution in [2.75, 3.05) is 0 Å². The summed E-state index contributed by atoms with van der Waals surface area (Å²) in [6.45, 7) is 7.15. The number of nitrogens with zero attached hydrogens (tertiary/aromatic N) is 1. The van der Waals surface area contributed by atoms with Gasteiger partial charge < -0.3 is 0 Å². The van der Waals surface area contributed by atoms with Crippen LogP contribution in [0.2, 0.25) is 0 Å². The monoisotopic (exact) mass is 273 g/mol. The largest absolute Gasteiger partial charge is 0.416 e. The Hall–Kier alpha value is -2.54. The number of benzene rings is 2. The zero-order chi connectivity index (χ0) is 14.6. The Bertz CT molecular complexity index is 664. The second-order valence-corrected chi connectivity index (χ2v) is 4.13. The van der Waals surface area contributed by atoms with Gasteiger partial charge in [-0.05, 0) is 17.2 Å². The second kappa shape index (κ2) is 5.62. The van der Waals surface area contributed by atoms with Crippen molar-refractivity contribution >= 4 is 11.8 Å². The molecule has 0 atom stereocenters. The van der Waals surface area contributed by atoms with Crippen LogP contribution in [0.15, 0.2) is 54.6 Å². The molecule has 4 heteroatoms. The third-order valence-corrected chi connectivity index (χ3v) is 2.71. The number of alkyl halides is 3. The van der Waals surface area contributed by atoms with Crippen LogP contribution in [-0.4, -0.2) is 0 Å². The first-order chi connectivity index (χ1) is 9.50. The van der Waals surface area contributed by atoms with Crippen LogP contribution in [0.3, 0.4) is 0 Å². The van der Waals surface area contributed by atoms with Crippen LogP contribution in [0.5, 0.6) is 0 Å². The topological polar surface area (TPSA) is 4.36 Å². The summed E-state index contributed by atoms with van der Waals surface area (Å²) in [5.74, 6) is 0. The standard InChI is InChI=1S/C16H10F3N/c1-20-15(10-12-6-3-2-4-7-12)13-8-5-9-14(11-13)16(17,18)19/h2-11H/b15-10+. The van der Waals surface area contributed by atoms with E-state index in [9.17, 15) is 13.2 Å². The van der Waals surface area contributed by atoms with E-state index in [0.29, 0.717) is 0 Å². The van der Waals surface area contributed by atoms with Crippen LogP contribution in [0.25, 0.3) is 16.6 Å². The first-order valence-corrected chi connectivity index (χ1v) is 5.82. The highest BCUT2D eigenvalue weighted by molar-refractivity contribution is 5.85. The SMILES string of the molecule is [C-]#[N+]/C(=C/c1ccccc1)c1cccc(C(F)(F)F)c1. The lowest BCUT2D eigenvalue weighted by Gasteiger charge is -2.08. The van der Waals surface area contributed by atoms with E-state index in [2.05, 4.69) is 4.85 Å². The van der Waals surface area contributed by atoms with Gasteiger partial charge in [0, 0.05) is 0 Å². The number of halogens is 3. The maximum absolute atomic E-state index is 12.7. The zero-order valence-electron chi connectivity index (χ0n) is 10.4. The fourth-order valence-corrected chi connectivity index (χ4v) is 1.74. The molecular weight excluding hydrogens is 263 g/mol. The molecule has 0 fully saturated rings. The van der Waals surface area contributed by atoms with Crippen LogP contribution in [-0.2, 0) is 6.18 Å². The number of hydrogen-bond acceptors (Lipinski definition) is 0. The van der Waals surface area contributed by atoms with Crippen molar-refractivity contribution in [2.45, 2.75) is 6.18 Å². The molecule has 2 rings (SSSR count). The molecule has 0 amide bonds. The predicted molar refractivity (Wildman–Crippen MR) is 72.4 cm³/mol. The number of hydrogen-bond donors (Lipinski definition) is 0. The van der Waals surface area contributed by atoms with Gasteiger partial charge in [-0.1, -0.05) is 54.6 Å². The van der Waals surface area contributed by atoms with Crippen LogP contribution >= 0.6 is 0 Å².